The van der Waals surface area contributed by atoms with E-state index in [1.807, 2.05) is 13.8 Å². The molecular formula is C12H18N2O3S. The quantitative estimate of drug-likeness (QED) is 0.837. The predicted molar refractivity (Wildman–Crippen MR) is 69.7 cm³/mol. The van der Waals surface area contributed by atoms with Crippen molar-refractivity contribution in [3.05, 3.63) is 29.3 Å². The van der Waals surface area contributed by atoms with Crippen LogP contribution in [0.4, 0.5) is 0 Å². The van der Waals surface area contributed by atoms with Gasteiger partial charge in [0, 0.05) is 12.1 Å². The molecule has 0 unspecified atom stereocenters. The molecule has 18 heavy (non-hydrogen) atoms. The van der Waals surface area contributed by atoms with E-state index in [4.69, 9.17) is 5.73 Å². The first-order valence-electron chi connectivity index (χ1n) is 5.64. The Labute approximate surface area is 107 Å². The number of amides is 1. The number of hydrogen-bond acceptors (Lipinski definition) is 3. The van der Waals surface area contributed by atoms with Gasteiger partial charge in [0.15, 0.2) is 0 Å². The van der Waals surface area contributed by atoms with E-state index >= 15 is 0 Å². The lowest BCUT2D eigenvalue weighted by molar-refractivity contribution is 0.0999. The normalized spacial score (nSPS) is 11.8. The average molecular weight is 270 g/mol. The maximum atomic E-state index is 12.0. The van der Waals surface area contributed by atoms with Crippen LogP contribution < -0.4 is 10.5 Å². The van der Waals surface area contributed by atoms with Crippen molar-refractivity contribution in [1.82, 2.24) is 4.72 Å². The third-order valence-corrected chi connectivity index (χ3v) is 3.89. The number of sulfonamides is 1. The Balaban J connectivity index is 3.10. The highest BCUT2D eigenvalue weighted by atomic mass is 32.2. The molecule has 0 saturated carbocycles. The number of hydrogen-bond donors (Lipinski definition) is 2. The lowest BCUT2D eigenvalue weighted by Gasteiger charge is -2.10. The van der Waals surface area contributed by atoms with Crippen molar-refractivity contribution in [2.45, 2.75) is 25.7 Å². The van der Waals surface area contributed by atoms with E-state index in [1.165, 1.54) is 12.1 Å². The van der Waals surface area contributed by atoms with Crippen molar-refractivity contribution in [3.8, 4) is 0 Å². The second kappa shape index (κ2) is 5.49. The molecule has 5 nitrogen and oxygen atoms in total. The number of primary amides is 1. The van der Waals surface area contributed by atoms with Gasteiger partial charge in [-0.15, -0.1) is 0 Å². The molecule has 1 amide bonds. The summed E-state index contributed by atoms with van der Waals surface area (Å²) in [6.07, 6.45) is 0. The first kappa shape index (κ1) is 14.7. The van der Waals surface area contributed by atoms with Gasteiger partial charge in [-0.05, 0) is 30.5 Å². The minimum atomic E-state index is -3.59. The van der Waals surface area contributed by atoms with Crippen LogP contribution in [-0.4, -0.2) is 20.9 Å². The number of rotatable bonds is 5. The Hall–Kier alpha value is -1.40. The number of nitrogens with two attached hydrogens (primary N) is 1. The molecule has 0 radical (unpaired) electrons. The molecule has 0 aliphatic rings. The molecule has 1 aromatic rings. The second-order valence-corrected chi connectivity index (χ2v) is 6.35. The number of carbonyl (C=O) groups is 1. The molecule has 0 spiro atoms. The fraction of sp³-hybridized carbons (Fsp3) is 0.417. The van der Waals surface area contributed by atoms with Crippen molar-refractivity contribution in [3.63, 3.8) is 0 Å². The van der Waals surface area contributed by atoms with Crippen LogP contribution in [0.3, 0.4) is 0 Å². The Morgan fingerprint density at radius 3 is 2.50 bits per heavy atom. The minimum absolute atomic E-state index is 0.0579. The summed E-state index contributed by atoms with van der Waals surface area (Å²) in [6.45, 7) is 5.87. The zero-order valence-electron chi connectivity index (χ0n) is 10.7. The van der Waals surface area contributed by atoms with E-state index in [0.717, 1.165) is 0 Å². The van der Waals surface area contributed by atoms with E-state index in [1.54, 1.807) is 13.0 Å². The average Bonchev–Trinajstić information content (AvgIpc) is 2.26. The van der Waals surface area contributed by atoms with Crippen LogP contribution in [0.1, 0.15) is 29.8 Å². The summed E-state index contributed by atoms with van der Waals surface area (Å²) < 4.78 is 26.4. The monoisotopic (exact) mass is 270 g/mol. The molecule has 0 aliphatic carbocycles. The highest BCUT2D eigenvalue weighted by Gasteiger charge is 2.16. The fourth-order valence-corrected chi connectivity index (χ4v) is 2.63. The number of nitrogens with one attached hydrogen (secondary N) is 1. The maximum absolute atomic E-state index is 12.0. The first-order chi connectivity index (χ1) is 8.24. The van der Waals surface area contributed by atoms with E-state index in [9.17, 15) is 13.2 Å². The Kier molecular flexibility index (Phi) is 4.48. The van der Waals surface area contributed by atoms with Crippen molar-refractivity contribution in [2.24, 2.45) is 11.7 Å². The van der Waals surface area contributed by atoms with Crippen molar-refractivity contribution >= 4 is 15.9 Å². The van der Waals surface area contributed by atoms with Gasteiger partial charge >= 0.3 is 0 Å². The molecule has 0 heterocycles. The Morgan fingerprint density at radius 1 is 1.39 bits per heavy atom. The van der Waals surface area contributed by atoms with Gasteiger partial charge in [-0.1, -0.05) is 19.9 Å². The molecule has 0 saturated heterocycles. The third-order valence-electron chi connectivity index (χ3n) is 2.47. The van der Waals surface area contributed by atoms with E-state index in [2.05, 4.69) is 4.72 Å². The molecule has 0 aromatic heterocycles. The topological polar surface area (TPSA) is 89.3 Å². The largest absolute Gasteiger partial charge is 0.366 e. The first-order valence-corrected chi connectivity index (χ1v) is 7.12. The van der Waals surface area contributed by atoms with Crippen molar-refractivity contribution in [2.75, 3.05) is 6.54 Å². The summed E-state index contributed by atoms with van der Waals surface area (Å²) in [5, 5.41) is 0. The van der Waals surface area contributed by atoms with Gasteiger partial charge in [-0.2, -0.15) is 0 Å². The molecule has 6 heteroatoms. The van der Waals surface area contributed by atoms with Gasteiger partial charge in [0.05, 0.1) is 4.90 Å². The molecule has 0 fully saturated rings. The van der Waals surface area contributed by atoms with E-state index in [0.29, 0.717) is 12.1 Å². The number of carbonyl (C=O) groups excluding carboxylic acids is 1. The molecule has 3 N–H and O–H groups in total. The SMILES string of the molecule is Cc1ccc(S(=O)(=O)NCC(C)C)cc1C(N)=O. The standard InChI is InChI=1S/C12H18N2O3S/c1-8(2)7-14-18(16,17)10-5-4-9(3)11(6-10)12(13)15/h4-6,8,14H,7H2,1-3H3,(H2,13,15). The fourth-order valence-electron chi connectivity index (χ4n) is 1.39. The molecule has 0 bridgehead atoms. The van der Waals surface area contributed by atoms with Crippen LogP contribution in [0.5, 0.6) is 0 Å². The molecule has 1 rings (SSSR count). The highest BCUT2D eigenvalue weighted by Crippen LogP contribution is 2.15. The van der Waals surface area contributed by atoms with Crippen LogP contribution in [-0.2, 0) is 10.0 Å². The molecule has 0 atom stereocenters. The Morgan fingerprint density at radius 2 is 2.00 bits per heavy atom. The summed E-state index contributed by atoms with van der Waals surface area (Å²) in [4.78, 5) is 11.2. The lowest BCUT2D eigenvalue weighted by atomic mass is 10.1. The molecule has 1 aromatic carbocycles. The maximum Gasteiger partial charge on any atom is 0.249 e. The molecular weight excluding hydrogens is 252 g/mol. The van der Waals surface area contributed by atoms with Gasteiger partial charge in [0.2, 0.25) is 15.9 Å². The number of aryl methyl sites for hydroxylation is 1. The van der Waals surface area contributed by atoms with Crippen LogP contribution in [0.15, 0.2) is 23.1 Å². The van der Waals surface area contributed by atoms with Crippen LogP contribution in [0.25, 0.3) is 0 Å². The van der Waals surface area contributed by atoms with E-state index < -0.39 is 15.9 Å². The van der Waals surface area contributed by atoms with Crippen LogP contribution in [0, 0.1) is 12.8 Å². The van der Waals surface area contributed by atoms with Gasteiger partial charge in [-0.3, -0.25) is 4.79 Å². The zero-order valence-corrected chi connectivity index (χ0v) is 11.5. The van der Waals surface area contributed by atoms with Crippen molar-refractivity contribution in [1.29, 1.82) is 0 Å². The second-order valence-electron chi connectivity index (χ2n) is 4.59. The van der Waals surface area contributed by atoms with Gasteiger partial charge in [0.25, 0.3) is 0 Å². The molecule has 100 valence electrons. The van der Waals surface area contributed by atoms with Gasteiger partial charge < -0.3 is 5.73 Å². The summed E-state index contributed by atoms with van der Waals surface area (Å²) in [6, 6.07) is 4.34. The van der Waals surface area contributed by atoms with Gasteiger partial charge in [0.1, 0.15) is 0 Å². The van der Waals surface area contributed by atoms with Crippen molar-refractivity contribution < 1.29 is 13.2 Å². The summed E-state index contributed by atoms with van der Waals surface area (Å²) in [5.74, 6) is -0.422. The Bertz CT molecular complexity index is 550. The van der Waals surface area contributed by atoms with Crippen LogP contribution in [0.2, 0.25) is 0 Å². The molecule has 0 aliphatic heterocycles. The smallest absolute Gasteiger partial charge is 0.249 e. The summed E-state index contributed by atoms with van der Waals surface area (Å²) in [7, 11) is -3.59. The summed E-state index contributed by atoms with van der Waals surface area (Å²) >= 11 is 0. The predicted octanol–water partition coefficient (Wildman–Crippen LogP) is 1.03. The minimum Gasteiger partial charge on any atom is -0.366 e. The van der Waals surface area contributed by atoms with Gasteiger partial charge in [-0.25, -0.2) is 13.1 Å². The number of benzene rings is 1. The zero-order chi connectivity index (χ0) is 13.9. The lowest BCUT2D eigenvalue weighted by Crippen LogP contribution is -2.28. The van der Waals surface area contributed by atoms with E-state index in [-0.39, 0.29) is 16.4 Å². The third kappa shape index (κ3) is 3.54. The van der Waals surface area contributed by atoms with Crippen LogP contribution >= 0.6 is 0 Å². The highest BCUT2D eigenvalue weighted by molar-refractivity contribution is 7.89. The summed E-state index contributed by atoms with van der Waals surface area (Å²) in [5.41, 5.74) is 6.08.